The maximum atomic E-state index is 11.6. The topological polar surface area (TPSA) is 189 Å². The summed E-state index contributed by atoms with van der Waals surface area (Å²) in [5, 5.41) is 29.7. The van der Waals surface area contributed by atoms with Gasteiger partial charge in [0, 0.05) is 35.5 Å². The Morgan fingerprint density at radius 2 is 1.59 bits per heavy atom. The van der Waals surface area contributed by atoms with E-state index in [-0.39, 0.29) is 48.2 Å². The molecule has 0 unspecified atom stereocenters. The van der Waals surface area contributed by atoms with Gasteiger partial charge in [0.2, 0.25) is 10.0 Å². The molecule has 0 bridgehead atoms. The van der Waals surface area contributed by atoms with Crippen LogP contribution in [0.2, 0.25) is 0 Å². The number of ether oxygens (including phenoxy) is 1. The summed E-state index contributed by atoms with van der Waals surface area (Å²) in [6.45, 7) is 2.59. The van der Waals surface area contributed by atoms with Crippen LogP contribution in [0.3, 0.4) is 0 Å². The van der Waals surface area contributed by atoms with E-state index < -0.39 is 33.8 Å². The number of hydrogen-bond acceptors (Lipinski definition) is 8. The van der Waals surface area contributed by atoms with E-state index in [1.165, 1.54) is 12.6 Å². The molecule has 4 N–H and O–H groups in total. The summed E-state index contributed by atoms with van der Waals surface area (Å²) >= 11 is 0. The number of carboxylic acid groups (broad SMARTS) is 3. The minimum atomic E-state index is -3.23. The van der Waals surface area contributed by atoms with Gasteiger partial charge in [-0.1, -0.05) is 37.3 Å². The normalized spacial score (nSPS) is 11.4. The van der Waals surface area contributed by atoms with Crippen LogP contribution in [-0.4, -0.2) is 81.2 Å². The molecule has 0 saturated heterocycles. The van der Waals surface area contributed by atoms with E-state index in [1.54, 1.807) is 14.0 Å². The molecular formula is C32H40N3NaO9S. The summed E-state index contributed by atoms with van der Waals surface area (Å²) in [5.74, 6) is -3.00. The summed E-state index contributed by atoms with van der Waals surface area (Å²) in [6.07, 6.45) is 2.35. The van der Waals surface area contributed by atoms with Crippen molar-refractivity contribution in [2.45, 2.75) is 37.9 Å². The largest absolute Gasteiger partial charge is 1.00 e. The number of rotatable bonds is 12. The van der Waals surface area contributed by atoms with Gasteiger partial charge in [-0.3, -0.25) is 9.59 Å². The Hall–Kier alpha value is -3.46. The van der Waals surface area contributed by atoms with E-state index in [1.807, 2.05) is 74.9 Å². The number of carboxylic acids is 3. The van der Waals surface area contributed by atoms with Crippen LogP contribution < -0.4 is 44.1 Å². The fraction of sp³-hybridized carbons (Fsp3) is 0.344. The number of aromatic nitrogens is 1. The zero-order chi connectivity index (χ0) is 33.7. The summed E-state index contributed by atoms with van der Waals surface area (Å²) < 4.78 is 30.7. The van der Waals surface area contributed by atoms with E-state index in [4.69, 9.17) is 14.9 Å². The number of carbonyl (C=O) groups excluding carboxylic acids is 1. The number of aliphatic carboxylic acids is 3. The second-order valence-electron chi connectivity index (χ2n) is 10.5. The Morgan fingerprint density at radius 1 is 0.978 bits per heavy atom. The number of methoxy groups -OCH3 is 1. The predicted molar refractivity (Wildman–Crippen MR) is 171 cm³/mol. The van der Waals surface area contributed by atoms with Gasteiger partial charge in [0.05, 0.1) is 25.7 Å². The Kier molecular flexibility index (Phi) is 17.0. The van der Waals surface area contributed by atoms with E-state index in [9.17, 15) is 27.9 Å². The quantitative estimate of drug-likeness (QED) is 0.150. The van der Waals surface area contributed by atoms with Crippen molar-refractivity contribution >= 4 is 49.6 Å². The molecule has 14 heteroatoms. The van der Waals surface area contributed by atoms with Crippen LogP contribution in [0.1, 0.15) is 42.4 Å². The van der Waals surface area contributed by atoms with Crippen LogP contribution in [0.4, 0.5) is 0 Å². The summed E-state index contributed by atoms with van der Waals surface area (Å²) in [4.78, 5) is 35.5. The average Bonchev–Trinajstić information content (AvgIpc) is 3.40. The van der Waals surface area contributed by atoms with Gasteiger partial charge in [-0.05, 0) is 79.3 Å². The fourth-order valence-corrected chi connectivity index (χ4v) is 4.91. The van der Waals surface area contributed by atoms with Crippen LogP contribution >= 0.6 is 0 Å². The summed E-state index contributed by atoms with van der Waals surface area (Å²) in [5.41, 5.74) is 3.82. The van der Waals surface area contributed by atoms with Gasteiger partial charge in [0.15, 0.2) is 0 Å². The first kappa shape index (κ1) is 40.6. The number of aromatic amines is 1. The molecule has 3 aromatic carbocycles. The van der Waals surface area contributed by atoms with Crippen molar-refractivity contribution in [1.29, 1.82) is 0 Å². The first-order valence-electron chi connectivity index (χ1n) is 14.0. The monoisotopic (exact) mass is 665 g/mol. The Morgan fingerprint density at radius 3 is 2.13 bits per heavy atom. The van der Waals surface area contributed by atoms with E-state index in [0.29, 0.717) is 0 Å². The van der Waals surface area contributed by atoms with Crippen molar-refractivity contribution < 1.29 is 72.4 Å². The molecule has 1 heterocycles. The van der Waals surface area contributed by atoms with Gasteiger partial charge in [0.1, 0.15) is 5.75 Å². The van der Waals surface area contributed by atoms with Crippen molar-refractivity contribution in [3.63, 3.8) is 0 Å². The van der Waals surface area contributed by atoms with Crippen molar-refractivity contribution in [2.75, 3.05) is 34.8 Å². The smallest absolute Gasteiger partial charge is 0.550 e. The number of nitrogens with one attached hydrogen (secondary N) is 2. The van der Waals surface area contributed by atoms with E-state index in [2.05, 4.69) is 14.6 Å². The molecule has 0 amide bonds. The third-order valence-corrected chi connectivity index (χ3v) is 8.14. The van der Waals surface area contributed by atoms with Crippen molar-refractivity contribution in [3.8, 4) is 5.75 Å². The van der Waals surface area contributed by atoms with Crippen LogP contribution in [0.5, 0.6) is 5.75 Å². The van der Waals surface area contributed by atoms with Crippen molar-refractivity contribution in [2.24, 2.45) is 0 Å². The maximum absolute atomic E-state index is 11.6. The number of H-pyrrole nitrogens is 1. The Bertz CT molecular complexity index is 1710. The van der Waals surface area contributed by atoms with E-state index >= 15 is 0 Å². The number of hydrogen-bond donors (Lipinski definition) is 4. The molecule has 0 fully saturated rings. The molecule has 0 saturated carbocycles. The zero-order valence-corrected chi connectivity index (χ0v) is 29.8. The third kappa shape index (κ3) is 13.5. The van der Waals surface area contributed by atoms with Gasteiger partial charge in [0.25, 0.3) is 0 Å². The summed E-state index contributed by atoms with van der Waals surface area (Å²) in [6, 6.07) is 17.0. The molecule has 0 radical (unpaired) electrons. The fourth-order valence-electron chi connectivity index (χ4n) is 4.15. The number of likely N-dealkylation sites (N-methyl/N-ethyl adjacent to an activating group) is 1. The second kappa shape index (κ2) is 19.3. The molecule has 0 aliphatic carbocycles. The molecule has 46 heavy (non-hydrogen) atoms. The molecule has 4 rings (SSSR count). The standard InChI is InChI=1S/C14H21N3O2S.C14H14O3.C4H6O4.Na/c1-15-20(18,19)10-11-4-5-14-13(8-11)12(9-16-14)6-7-17(2)3;1-9(14(15)16)10-3-4-12-8-13(17-2)6-5-11(12)7-10;5-3(6)1-2-4(7)8;/h4-5,8-9,15-16H,6-7,10H2,1-3H3;3-9H,1-2H3,(H,15,16);1-2H2,(H,5,6)(H,7,8);/q;;;+1/p-1/t;9-;;/m.0../s1. The first-order chi connectivity index (χ1) is 21.1. The predicted octanol–water partition coefficient (Wildman–Crippen LogP) is -0.0372. The Labute approximate surface area is 291 Å². The second-order valence-corrected chi connectivity index (χ2v) is 12.4. The minimum absolute atomic E-state index is 0. The zero-order valence-electron chi connectivity index (χ0n) is 27.0. The molecule has 0 aliphatic rings. The first-order valence-corrected chi connectivity index (χ1v) is 15.7. The average molecular weight is 666 g/mol. The van der Waals surface area contributed by atoms with Crippen LogP contribution in [0, 0.1) is 0 Å². The van der Waals surface area contributed by atoms with Crippen LogP contribution in [-0.2, 0) is 36.6 Å². The van der Waals surface area contributed by atoms with Crippen molar-refractivity contribution in [3.05, 3.63) is 77.5 Å². The van der Waals surface area contributed by atoms with Gasteiger partial charge >= 0.3 is 41.5 Å². The Balaban J connectivity index is 0.000000371. The van der Waals surface area contributed by atoms with Gasteiger partial charge < -0.3 is 34.7 Å². The van der Waals surface area contributed by atoms with Crippen molar-refractivity contribution in [1.82, 2.24) is 14.6 Å². The van der Waals surface area contributed by atoms with Gasteiger partial charge in [-0.2, -0.15) is 0 Å². The molecule has 244 valence electrons. The molecule has 0 spiro atoms. The number of sulfonamides is 1. The molecule has 4 aromatic rings. The maximum Gasteiger partial charge on any atom is 1.00 e. The summed E-state index contributed by atoms with van der Waals surface area (Å²) in [7, 11) is 3.91. The molecule has 1 aromatic heterocycles. The molecule has 0 aliphatic heterocycles. The van der Waals surface area contributed by atoms with Gasteiger partial charge in [-0.15, -0.1) is 0 Å². The SMILES string of the molecule is CNS(=O)(=O)Cc1ccc2[nH]cc(CCN(C)C)c2c1.COc1ccc2cc([C@H](C)C(=O)[O-])ccc2c1.O=C(O)CCC(=O)O.[Na+]. The number of benzene rings is 3. The van der Waals surface area contributed by atoms with Crippen LogP contribution in [0.15, 0.2) is 60.8 Å². The molecule has 12 nitrogen and oxygen atoms in total. The molecular weight excluding hydrogens is 625 g/mol. The molecule has 1 atom stereocenters. The number of nitrogens with zero attached hydrogens (tertiary/aromatic N) is 1. The number of fused-ring (bicyclic) bond motifs is 2. The third-order valence-electron chi connectivity index (χ3n) is 6.81. The van der Waals surface area contributed by atoms with E-state index in [0.717, 1.165) is 51.5 Å². The minimum Gasteiger partial charge on any atom is -0.550 e. The van der Waals surface area contributed by atoms with Gasteiger partial charge in [-0.25, -0.2) is 13.1 Å². The van der Waals surface area contributed by atoms with Crippen LogP contribution in [0.25, 0.3) is 21.7 Å². The number of carbonyl (C=O) groups is 3.